The fourth-order valence-corrected chi connectivity index (χ4v) is 5.45. The Bertz CT molecular complexity index is 494. The smallest absolute Gasteiger partial charge is 0.214 e. The van der Waals surface area contributed by atoms with Gasteiger partial charge in [0.25, 0.3) is 0 Å². The van der Waals surface area contributed by atoms with Crippen molar-refractivity contribution in [3.05, 3.63) is 10.6 Å². The van der Waals surface area contributed by atoms with Gasteiger partial charge < -0.3 is 5.84 Å². The molecule has 4 saturated carbocycles. The summed E-state index contributed by atoms with van der Waals surface area (Å²) in [7, 11) is 0. The van der Waals surface area contributed by atoms with Gasteiger partial charge in [-0.1, -0.05) is 0 Å². The normalized spacial score (nSPS) is 41.4. The van der Waals surface area contributed by atoms with Crippen molar-refractivity contribution in [2.75, 3.05) is 5.84 Å². The van der Waals surface area contributed by atoms with Gasteiger partial charge in [0, 0.05) is 6.42 Å². The van der Waals surface area contributed by atoms with E-state index in [0.717, 1.165) is 30.0 Å². The zero-order valence-electron chi connectivity index (χ0n) is 10.6. The summed E-state index contributed by atoms with van der Waals surface area (Å²) >= 11 is 5.10. The van der Waals surface area contributed by atoms with Crippen LogP contribution in [-0.2, 0) is 6.42 Å². The van der Waals surface area contributed by atoms with Gasteiger partial charge in [-0.05, 0) is 73.9 Å². The minimum absolute atomic E-state index is 0.479. The number of hydrogen-bond donors (Lipinski definition) is 2. The summed E-state index contributed by atoms with van der Waals surface area (Å²) in [6.45, 7) is 0. The minimum atomic E-state index is 0.479. The van der Waals surface area contributed by atoms with Gasteiger partial charge in [-0.2, -0.15) is 5.10 Å². The van der Waals surface area contributed by atoms with Gasteiger partial charge >= 0.3 is 0 Å². The monoisotopic (exact) mass is 264 g/mol. The van der Waals surface area contributed by atoms with Crippen LogP contribution in [0.4, 0.5) is 0 Å². The van der Waals surface area contributed by atoms with Gasteiger partial charge in [-0.15, -0.1) is 0 Å². The molecule has 0 saturated heterocycles. The third kappa shape index (κ3) is 1.56. The van der Waals surface area contributed by atoms with E-state index in [0.29, 0.717) is 10.2 Å². The van der Waals surface area contributed by atoms with Gasteiger partial charge in [-0.3, -0.25) is 5.10 Å². The third-order valence-corrected chi connectivity index (χ3v) is 5.76. The Hall–Kier alpha value is -0.840. The molecule has 18 heavy (non-hydrogen) atoms. The first-order valence-corrected chi connectivity index (χ1v) is 7.46. The molecule has 3 N–H and O–H groups in total. The van der Waals surface area contributed by atoms with Crippen LogP contribution in [0, 0.1) is 27.9 Å². The summed E-state index contributed by atoms with van der Waals surface area (Å²) in [4.78, 5) is 0. The molecule has 1 aromatic heterocycles. The molecule has 4 aliphatic rings. The lowest BCUT2D eigenvalue weighted by Gasteiger charge is -2.56. The van der Waals surface area contributed by atoms with Crippen molar-refractivity contribution in [1.29, 1.82) is 0 Å². The number of H-pyrrole nitrogens is 1. The molecule has 0 atom stereocenters. The second kappa shape index (κ2) is 3.59. The predicted octanol–water partition coefficient (Wildman–Crippen LogP) is 2.41. The van der Waals surface area contributed by atoms with Crippen LogP contribution in [0.3, 0.4) is 0 Å². The molecule has 5 heteroatoms. The maximum Gasteiger partial charge on any atom is 0.214 e. The van der Waals surface area contributed by atoms with Crippen LogP contribution in [0.2, 0.25) is 0 Å². The van der Waals surface area contributed by atoms with Crippen LogP contribution in [-0.4, -0.2) is 14.9 Å². The highest BCUT2D eigenvalue weighted by atomic mass is 32.1. The highest BCUT2D eigenvalue weighted by Gasteiger charge is 2.51. The number of hydrogen-bond acceptors (Lipinski definition) is 3. The first-order chi connectivity index (χ1) is 8.63. The third-order valence-electron chi connectivity index (χ3n) is 5.48. The van der Waals surface area contributed by atoms with Crippen LogP contribution in [0.1, 0.15) is 44.3 Å². The molecule has 0 aromatic carbocycles. The van der Waals surface area contributed by atoms with Gasteiger partial charge in [0.1, 0.15) is 0 Å². The molecule has 0 unspecified atom stereocenters. The van der Waals surface area contributed by atoms with Crippen LogP contribution < -0.4 is 5.84 Å². The largest absolute Gasteiger partial charge is 0.335 e. The molecule has 5 rings (SSSR count). The topological polar surface area (TPSA) is 59.6 Å². The van der Waals surface area contributed by atoms with Crippen LogP contribution in [0.5, 0.6) is 0 Å². The lowest BCUT2D eigenvalue weighted by atomic mass is 9.49. The quantitative estimate of drug-likeness (QED) is 0.637. The van der Waals surface area contributed by atoms with Crippen molar-refractivity contribution in [3.8, 4) is 0 Å². The molecule has 0 aliphatic heterocycles. The molecule has 98 valence electrons. The lowest BCUT2D eigenvalue weighted by molar-refractivity contribution is -0.0534. The van der Waals surface area contributed by atoms with Crippen molar-refractivity contribution in [2.24, 2.45) is 23.2 Å². The number of rotatable bonds is 2. The molecule has 4 bridgehead atoms. The molecule has 4 fully saturated rings. The fraction of sp³-hybridized carbons (Fsp3) is 0.846. The van der Waals surface area contributed by atoms with E-state index in [4.69, 9.17) is 18.1 Å². The Labute approximate surface area is 112 Å². The van der Waals surface area contributed by atoms with E-state index in [1.807, 2.05) is 0 Å². The van der Waals surface area contributed by atoms with E-state index in [9.17, 15) is 0 Å². The van der Waals surface area contributed by atoms with Crippen molar-refractivity contribution >= 4 is 12.2 Å². The Morgan fingerprint density at radius 1 is 1.22 bits per heavy atom. The van der Waals surface area contributed by atoms with E-state index >= 15 is 0 Å². The molecule has 4 nitrogen and oxygen atoms in total. The summed E-state index contributed by atoms with van der Waals surface area (Å²) in [6.07, 6.45) is 9.62. The number of aromatic nitrogens is 3. The number of nitrogens with zero attached hydrogens (tertiary/aromatic N) is 2. The predicted molar refractivity (Wildman–Crippen MR) is 71.9 cm³/mol. The van der Waals surface area contributed by atoms with E-state index in [2.05, 4.69) is 10.2 Å². The zero-order valence-corrected chi connectivity index (χ0v) is 11.4. The number of nitrogen functional groups attached to an aromatic ring is 1. The van der Waals surface area contributed by atoms with Crippen LogP contribution in [0.25, 0.3) is 0 Å². The van der Waals surface area contributed by atoms with Crippen molar-refractivity contribution in [1.82, 2.24) is 14.9 Å². The van der Waals surface area contributed by atoms with E-state index < -0.39 is 0 Å². The summed E-state index contributed by atoms with van der Waals surface area (Å²) in [5.41, 5.74) is 0.479. The molecule has 0 amide bonds. The Kier molecular flexibility index (Phi) is 2.20. The fourth-order valence-electron chi connectivity index (χ4n) is 5.30. The van der Waals surface area contributed by atoms with Crippen molar-refractivity contribution < 1.29 is 0 Å². The second-order valence-electron chi connectivity index (χ2n) is 6.91. The lowest BCUT2D eigenvalue weighted by Crippen LogP contribution is -2.47. The first-order valence-electron chi connectivity index (χ1n) is 7.05. The van der Waals surface area contributed by atoms with Crippen LogP contribution in [0.15, 0.2) is 0 Å². The summed E-state index contributed by atoms with van der Waals surface area (Å²) in [5.74, 6) is 9.83. The molecule has 1 heterocycles. The van der Waals surface area contributed by atoms with Gasteiger partial charge in [0.15, 0.2) is 5.82 Å². The van der Waals surface area contributed by atoms with Crippen LogP contribution >= 0.6 is 12.2 Å². The molecular formula is C13H20N4S. The van der Waals surface area contributed by atoms with Gasteiger partial charge in [-0.25, -0.2) is 4.68 Å². The molecule has 0 radical (unpaired) electrons. The standard InChI is InChI=1S/C13H20N4S/c14-17-11(15-16-12(17)18)7-13-4-8-1-9(5-13)3-10(2-8)6-13/h8-10H,1-7,14H2,(H,16,18). The van der Waals surface area contributed by atoms with Crippen molar-refractivity contribution in [2.45, 2.75) is 44.9 Å². The Morgan fingerprint density at radius 2 is 1.78 bits per heavy atom. The average Bonchev–Trinajstić information content (AvgIpc) is 2.58. The van der Waals surface area contributed by atoms with Crippen molar-refractivity contribution in [3.63, 3.8) is 0 Å². The SMILES string of the molecule is Nn1c(CC23CC4CC(CC(C4)C2)C3)n[nH]c1=S. The minimum Gasteiger partial charge on any atom is -0.335 e. The maximum absolute atomic E-state index is 5.95. The van der Waals surface area contributed by atoms with E-state index in [1.165, 1.54) is 38.5 Å². The first kappa shape index (κ1) is 11.0. The average molecular weight is 264 g/mol. The summed E-state index contributed by atoms with van der Waals surface area (Å²) in [5, 5.41) is 7.12. The molecule has 4 aliphatic carbocycles. The highest BCUT2D eigenvalue weighted by Crippen LogP contribution is 2.60. The number of nitrogens with two attached hydrogens (primary N) is 1. The number of nitrogens with one attached hydrogen (secondary N) is 1. The van der Waals surface area contributed by atoms with Gasteiger partial charge in [0.05, 0.1) is 0 Å². The Balaban J connectivity index is 1.64. The van der Waals surface area contributed by atoms with Gasteiger partial charge in [0.2, 0.25) is 4.77 Å². The molecule has 1 aromatic rings. The summed E-state index contributed by atoms with van der Waals surface area (Å²) in [6, 6.07) is 0. The summed E-state index contributed by atoms with van der Waals surface area (Å²) < 4.78 is 2.10. The van der Waals surface area contributed by atoms with E-state index in [-0.39, 0.29) is 0 Å². The maximum atomic E-state index is 5.95. The molecule has 0 spiro atoms. The zero-order chi connectivity index (χ0) is 12.3. The highest BCUT2D eigenvalue weighted by molar-refractivity contribution is 7.71. The Morgan fingerprint density at radius 3 is 2.22 bits per heavy atom. The van der Waals surface area contributed by atoms with E-state index in [1.54, 1.807) is 4.68 Å². The second-order valence-corrected chi connectivity index (χ2v) is 7.30. The number of aromatic amines is 1. The molecular weight excluding hydrogens is 244 g/mol.